The summed E-state index contributed by atoms with van der Waals surface area (Å²) in [4.78, 5) is 12.2. The molecule has 132 valence electrons. The van der Waals surface area contributed by atoms with E-state index in [1.165, 1.54) is 30.6 Å². The van der Waals surface area contributed by atoms with Gasteiger partial charge in [0.25, 0.3) is 6.43 Å². The molecule has 1 unspecified atom stereocenters. The molecule has 0 spiro atoms. The standard InChI is InChI=1S/C19H12BF3N4/c20-15-9-11(5-7-26-15)19(10-4-6-25-14(8-10)17(22)23)12-2-1-3-13(21)16(12)18(24)27-19/h1-9,17H,(H2,24,27). The zero-order chi connectivity index (χ0) is 19.2. The van der Waals surface area contributed by atoms with Crippen LogP contribution < -0.4 is 11.3 Å². The van der Waals surface area contributed by atoms with Crippen molar-refractivity contribution < 1.29 is 13.2 Å². The van der Waals surface area contributed by atoms with E-state index in [0.29, 0.717) is 16.7 Å². The van der Waals surface area contributed by atoms with Crippen LogP contribution in [0.25, 0.3) is 0 Å². The first-order valence-corrected chi connectivity index (χ1v) is 8.05. The third kappa shape index (κ3) is 2.60. The quantitative estimate of drug-likeness (QED) is 0.726. The Labute approximate surface area is 154 Å². The molecule has 1 atom stereocenters. The number of nitrogens with zero attached hydrogens (tertiary/aromatic N) is 3. The summed E-state index contributed by atoms with van der Waals surface area (Å²) in [5, 5.41) is 0. The van der Waals surface area contributed by atoms with Gasteiger partial charge in [-0.15, -0.1) is 0 Å². The van der Waals surface area contributed by atoms with Gasteiger partial charge in [-0.1, -0.05) is 12.1 Å². The first kappa shape index (κ1) is 17.3. The summed E-state index contributed by atoms with van der Waals surface area (Å²) >= 11 is 0. The van der Waals surface area contributed by atoms with Crippen molar-refractivity contribution in [1.82, 2.24) is 9.97 Å². The van der Waals surface area contributed by atoms with Crippen LogP contribution in [0.5, 0.6) is 0 Å². The lowest BCUT2D eigenvalue weighted by molar-refractivity contribution is 0.146. The number of nitrogens with two attached hydrogens (primary N) is 1. The van der Waals surface area contributed by atoms with E-state index in [1.807, 2.05) is 0 Å². The van der Waals surface area contributed by atoms with Gasteiger partial charge in [0.1, 0.15) is 30.7 Å². The van der Waals surface area contributed by atoms with Crippen LogP contribution >= 0.6 is 0 Å². The van der Waals surface area contributed by atoms with Crippen molar-refractivity contribution in [1.29, 1.82) is 0 Å². The Morgan fingerprint density at radius 2 is 1.70 bits per heavy atom. The minimum absolute atomic E-state index is 0.0195. The lowest BCUT2D eigenvalue weighted by Gasteiger charge is -2.29. The van der Waals surface area contributed by atoms with E-state index in [4.69, 9.17) is 13.6 Å². The van der Waals surface area contributed by atoms with Crippen molar-refractivity contribution in [3.8, 4) is 0 Å². The molecule has 27 heavy (non-hydrogen) atoms. The molecule has 1 aliphatic heterocycles. The van der Waals surface area contributed by atoms with E-state index >= 15 is 0 Å². The molecule has 2 aromatic heterocycles. The Morgan fingerprint density at radius 3 is 2.41 bits per heavy atom. The summed E-state index contributed by atoms with van der Waals surface area (Å²) in [6.45, 7) is 0. The Hall–Kier alpha value is -3.16. The molecule has 0 amide bonds. The van der Waals surface area contributed by atoms with Gasteiger partial charge in [0, 0.05) is 18.0 Å². The summed E-state index contributed by atoms with van der Waals surface area (Å²) in [7, 11) is 5.83. The van der Waals surface area contributed by atoms with E-state index in [-0.39, 0.29) is 17.0 Å². The van der Waals surface area contributed by atoms with Gasteiger partial charge in [-0.25, -0.2) is 18.2 Å². The Morgan fingerprint density at radius 1 is 1.00 bits per heavy atom. The second kappa shape index (κ2) is 6.23. The van der Waals surface area contributed by atoms with Crippen LogP contribution in [0.4, 0.5) is 13.2 Å². The highest BCUT2D eigenvalue weighted by atomic mass is 19.3. The van der Waals surface area contributed by atoms with Gasteiger partial charge in [0.15, 0.2) is 0 Å². The van der Waals surface area contributed by atoms with Crippen LogP contribution in [0.2, 0.25) is 0 Å². The maximum Gasteiger partial charge on any atom is 0.280 e. The summed E-state index contributed by atoms with van der Waals surface area (Å²) < 4.78 is 41.0. The predicted molar refractivity (Wildman–Crippen MR) is 95.8 cm³/mol. The van der Waals surface area contributed by atoms with E-state index in [1.54, 1.807) is 24.3 Å². The fourth-order valence-corrected chi connectivity index (χ4v) is 3.46. The van der Waals surface area contributed by atoms with E-state index in [0.717, 1.165) is 0 Å². The van der Waals surface area contributed by atoms with Crippen LogP contribution in [-0.4, -0.2) is 23.6 Å². The minimum Gasteiger partial charge on any atom is -0.383 e. The van der Waals surface area contributed by atoms with Gasteiger partial charge in [-0.05, 0) is 47.1 Å². The van der Waals surface area contributed by atoms with Crippen LogP contribution in [0.3, 0.4) is 0 Å². The second-order valence-corrected chi connectivity index (χ2v) is 6.11. The van der Waals surface area contributed by atoms with Gasteiger partial charge in [-0.2, -0.15) is 0 Å². The maximum atomic E-state index is 14.5. The van der Waals surface area contributed by atoms with Crippen molar-refractivity contribution in [3.63, 3.8) is 0 Å². The topological polar surface area (TPSA) is 64.2 Å². The zero-order valence-electron chi connectivity index (χ0n) is 13.9. The number of hydrogen-bond acceptors (Lipinski definition) is 4. The monoisotopic (exact) mass is 364 g/mol. The van der Waals surface area contributed by atoms with E-state index in [9.17, 15) is 13.2 Å². The molecular formula is C19H12BF3N4. The molecule has 3 heterocycles. The molecule has 3 aromatic rings. The number of amidine groups is 1. The number of aromatic nitrogens is 2. The number of alkyl halides is 2. The third-order valence-corrected chi connectivity index (χ3v) is 4.57. The second-order valence-electron chi connectivity index (χ2n) is 6.11. The molecule has 1 aliphatic rings. The van der Waals surface area contributed by atoms with Crippen LogP contribution in [-0.2, 0) is 5.54 Å². The number of benzene rings is 1. The molecule has 0 saturated carbocycles. The summed E-state index contributed by atoms with van der Waals surface area (Å²) in [6.07, 6.45) is -0.0178. The van der Waals surface area contributed by atoms with Crippen molar-refractivity contribution in [3.05, 3.63) is 88.6 Å². The summed E-state index contributed by atoms with van der Waals surface area (Å²) in [6, 6.07) is 10.5. The SMILES string of the molecule is [B]c1cc(C2(c3ccnc(C(F)F)c3)N=C(N)c3c(F)cccc32)ccn1. The van der Waals surface area contributed by atoms with Crippen molar-refractivity contribution in [2.24, 2.45) is 10.7 Å². The first-order chi connectivity index (χ1) is 12.9. The molecule has 8 heteroatoms. The normalized spacial score (nSPS) is 18.4. The maximum absolute atomic E-state index is 14.5. The number of rotatable bonds is 3. The molecule has 0 aliphatic carbocycles. The Bertz CT molecular complexity index is 1070. The number of fused-ring (bicyclic) bond motifs is 1. The van der Waals surface area contributed by atoms with Crippen molar-refractivity contribution in [2.45, 2.75) is 12.0 Å². The lowest BCUT2D eigenvalue weighted by atomic mass is 9.77. The average molecular weight is 364 g/mol. The fraction of sp³-hybridized carbons (Fsp3) is 0.105. The highest BCUT2D eigenvalue weighted by Gasteiger charge is 2.44. The van der Waals surface area contributed by atoms with Crippen LogP contribution in [0, 0.1) is 5.82 Å². The highest BCUT2D eigenvalue weighted by molar-refractivity contribution is 6.30. The van der Waals surface area contributed by atoms with Gasteiger partial charge >= 0.3 is 0 Å². The van der Waals surface area contributed by atoms with Gasteiger partial charge in [-0.3, -0.25) is 9.97 Å². The van der Waals surface area contributed by atoms with Gasteiger partial charge in [0.2, 0.25) is 0 Å². The van der Waals surface area contributed by atoms with E-state index < -0.39 is 23.5 Å². The van der Waals surface area contributed by atoms with Crippen LogP contribution in [0.15, 0.2) is 59.9 Å². The molecular weight excluding hydrogens is 352 g/mol. The summed E-state index contributed by atoms with van der Waals surface area (Å²) in [5.74, 6) is -0.560. The summed E-state index contributed by atoms with van der Waals surface area (Å²) in [5.41, 5.74) is 6.01. The third-order valence-electron chi connectivity index (χ3n) is 4.57. The number of pyridine rings is 2. The Kier molecular flexibility index (Phi) is 3.98. The zero-order valence-corrected chi connectivity index (χ0v) is 13.9. The molecule has 2 N–H and O–H groups in total. The predicted octanol–water partition coefficient (Wildman–Crippen LogP) is 2.36. The number of hydrogen-bond donors (Lipinski definition) is 1. The minimum atomic E-state index is -2.76. The highest BCUT2D eigenvalue weighted by Crippen LogP contribution is 2.46. The number of halogens is 3. The van der Waals surface area contributed by atoms with Crippen LogP contribution in [0.1, 0.15) is 34.4 Å². The average Bonchev–Trinajstić information content (AvgIpc) is 2.97. The Balaban J connectivity index is 2.09. The lowest BCUT2D eigenvalue weighted by Crippen LogP contribution is -2.27. The molecule has 0 fully saturated rings. The molecule has 2 radical (unpaired) electrons. The molecule has 4 rings (SSSR count). The number of aliphatic imine (C=N–C) groups is 1. The molecule has 1 aromatic carbocycles. The first-order valence-electron chi connectivity index (χ1n) is 8.05. The molecule has 0 bridgehead atoms. The van der Waals surface area contributed by atoms with Crippen molar-refractivity contribution in [2.75, 3.05) is 0 Å². The molecule has 0 saturated heterocycles. The smallest absolute Gasteiger partial charge is 0.280 e. The molecule has 4 nitrogen and oxygen atoms in total. The largest absolute Gasteiger partial charge is 0.383 e. The fourth-order valence-electron chi connectivity index (χ4n) is 3.46. The van der Waals surface area contributed by atoms with Crippen molar-refractivity contribution >= 4 is 19.3 Å². The van der Waals surface area contributed by atoms with E-state index in [2.05, 4.69) is 15.0 Å². The van der Waals surface area contributed by atoms with Gasteiger partial charge < -0.3 is 5.73 Å². The van der Waals surface area contributed by atoms with Gasteiger partial charge in [0.05, 0.1) is 5.56 Å².